The third kappa shape index (κ3) is 6.59. The maximum atomic E-state index is 13.5. The van der Waals surface area contributed by atoms with E-state index >= 15 is 0 Å². The van der Waals surface area contributed by atoms with Crippen molar-refractivity contribution in [2.24, 2.45) is 17.6 Å². The topological polar surface area (TPSA) is 145 Å². The number of nitrogens with one attached hydrogen (secondary N) is 2. The third-order valence-electron chi connectivity index (χ3n) is 5.97. The summed E-state index contributed by atoms with van der Waals surface area (Å²) in [6.07, 6.45) is -1.67. The Hall–Kier alpha value is -3.48. The van der Waals surface area contributed by atoms with E-state index in [-0.39, 0.29) is 30.4 Å². The highest BCUT2D eigenvalue weighted by molar-refractivity contribution is 5.99. The molecule has 0 aromatic carbocycles. The molecular formula is C23H28F3N5O5. The van der Waals surface area contributed by atoms with Crippen LogP contribution in [0.2, 0.25) is 0 Å². The van der Waals surface area contributed by atoms with Crippen molar-refractivity contribution in [2.75, 3.05) is 13.2 Å². The number of amides is 3. The number of rotatable bonds is 11. The van der Waals surface area contributed by atoms with Crippen molar-refractivity contribution in [1.82, 2.24) is 20.2 Å². The summed E-state index contributed by atoms with van der Waals surface area (Å²) in [6, 6.07) is 0.705. The van der Waals surface area contributed by atoms with Crippen LogP contribution in [0.25, 0.3) is 10.9 Å². The van der Waals surface area contributed by atoms with Crippen LogP contribution >= 0.6 is 0 Å². The lowest BCUT2D eigenvalue weighted by atomic mass is 9.95. The number of halogens is 3. The molecule has 36 heavy (non-hydrogen) atoms. The van der Waals surface area contributed by atoms with E-state index in [1.54, 1.807) is 6.07 Å². The SMILES string of the molecule is CC(C)C[C@@H](C(=O)N[C@@H](C[C@@H]1CCNC1=O)C(=O)COC(F)(F)F)n1c(C(N)=O)cc2ccncc21. The molecule has 3 atom stereocenters. The summed E-state index contributed by atoms with van der Waals surface area (Å²) in [4.78, 5) is 54.5. The van der Waals surface area contributed by atoms with Crippen molar-refractivity contribution in [3.63, 3.8) is 0 Å². The molecule has 0 spiro atoms. The highest BCUT2D eigenvalue weighted by Crippen LogP contribution is 2.28. The number of pyridine rings is 1. The summed E-state index contributed by atoms with van der Waals surface area (Å²) in [7, 11) is 0. The molecule has 0 saturated carbocycles. The van der Waals surface area contributed by atoms with Gasteiger partial charge in [0.15, 0.2) is 5.78 Å². The van der Waals surface area contributed by atoms with Crippen LogP contribution in [0, 0.1) is 11.8 Å². The number of nitrogens with two attached hydrogens (primary N) is 1. The van der Waals surface area contributed by atoms with Crippen LogP contribution < -0.4 is 16.4 Å². The number of ketones is 1. The number of aromatic nitrogens is 2. The molecule has 1 fully saturated rings. The standard InChI is InChI=1S/C23H28F3N5O5/c1-12(2)7-17(31-16(20(27)33)9-13-3-5-28-10-18(13)31)22(35)30-15(8-14-4-6-29-21(14)34)19(32)11-36-23(24,25)26/h3,5,9-10,12,14-15,17H,4,6-8,11H2,1-2H3,(H2,27,33)(H,29,34)(H,30,35)/t14-,15-,17-/m0/s1. The minimum atomic E-state index is -5.04. The predicted octanol–water partition coefficient (Wildman–Crippen LogP) is 1.84. The summed E-state index contributed by atoms with van der Waals surface area (Å²) in [5.74, 6) is -3.60. The second kappa shape index (κ2) is 11.1. The smallest absolute Gasteiger partial charge is 0.364 e. The fourth-order valence-electron chi connectivity index (χ4n) is 4.32. The lowest BCUT2D eigenvalue weighted by Crippen LogP contribution is -2.47. The maximum absolute atomic E-state index is 13.5. The summed E-state index contributed by atoms with van der Waals surface area (Å²) in [5.41, 5.74) is 6.06. The van der Waals surface area contributed by atoms with Gasteiger partial charge in [0.1, 0.15) is 18.3 Å². The summed E-state index contributed by atoms with van der Waals surface area (Å²) in [6.45, 7) is 2.73. The van der Waals surface area contributed by atoms with E-state index in [9.17, 15) is 32.3 Å². The molecule has 3 rings (SSSR count). The number of alkyl halides is 3. The van der Waals surface area contributed by atoms with Gasteiger partial charge >= 0.3 is 6.36 Å². The second-order valence-corrected chi connectivity index (χ2v) is 9.12. The normalized spacial score (nSPS) is 17.7. The molecule has 0 radical (unpaired) electrons. The number of ether oxygens (including phenoxy) is 1. The van der Waals surface area contributed by atoms with Crippen LogP contribution in [-0.2, 0) is 19.1 Å². The molecule has 3 heterocycles. The molecule has 2 aromatic heterocycles. The van der Waals surface area contributed by atoms with E-state index in [0.29, 0.717) is 23.9 Å². The average molecular weight is 512 g/mol. The molecule has 0 aliphatic carbocycles. The zero-order valence-corrected chi connectivity index (χ0v) is 19.8. The number of carbonyl (C=O) groups excluding carboxylic acids is 4. The quantitative estimate of drug-likeness (QED) is 0.420. The molecule has 0 bridgehead atoms. The number of carbonyl (C=O) groups is 4. The summed E-state index contributed by atoms with van der Waals surface area (Å²) >= 11 is 0. The van der Waals surface area contributed by atoms with Crippen molar-refractivity contribution in [2.45, 2.75) is 51.6 Å². The van der Waals surface area contributed by atoms with Gasteiger partial charge in [-0.1, -0.05) is 13.8 Å². The van der Waals surface area contributed by atoms with Gasteiger partial charge in [0, 0.05) is 24.0 Å². The number of nitrogens with zero attached hydrogens (tertiary/aromatic N) is 2. The highest BCUT2D eigenvalue weighted by atomic mass is 19.4. The van der Waals surface area contributed by atoms with Crippen molar-refractivity contribution in [1.29, 1.82) is 0 Å². The molecule has 3 amide bonds. The van der Waals surface area contributed by atoms with Gasteiger partial charge in [-0.05, 0) is 37.3 Å². The van der Waals surface area contributed by atoms with Gasteiger partial charge in [-0.25, -0.2) is 0 Å². The first-order valence-electron chi connectivity index (χ1n) is 11.4. The number of Topliss-reactive ketones (excluding diaryl/α,β-unsaturated/α-hetero) is 1. The average Bonchev–Trinajstić information content (AvgIpc) is 3.38. The van der Waals surface area contributed by atoms with Crippen LogP contribution in [0.4, 0.5) is 13.2 Å². The van der Waals surface area contributed by atoms with Gasteiger partial charge < -0.3 is 20.9 Å². The third-order valence-corrected chi connectivity index (χ3v) is 5.97. The summed E-state index contributed by atoms with van der Waals surface area (Å²) < 4.78 is 42.8. The summed E-state index contributed by atoms with van der Waals surface area (Å²) in [5, 5.41) is 5.72. The zero-order chi connectivity index (χ0) is 26.6. The first kappa shape index (κ1) is 27.1. The number of primary amides is 1. The highest BCUT2D eigenvalue weighted by Gasteiger charge is 2.37. The number of fused-ring (bicyclic) bond motifs is 1. The van der Waals surface area contributed by atoms with Crippen molar-refractivity contribution < 1.29 is 37.1 Å². The molecular weight excluding hydrogens is 483 g/mol. The van der Waals surface area contributed by atoms with Crippen LogP contribution in [0.1, 0.15) is 49.6 Å². The van der Waals surface area contributed by atoms with Gasteiger partial charge in [-0.2, -0.15) is 0 Å². The Bertz CT molecular complexity index is 1150. The second-order valence-electron chi connectivity index (χ2n) is 9.12. The Kier molecular flexibility index (Phi) is 8.33. The Morgan fingerprint density at radius 3 is 2.64 bits per heavy atom. The van der Waals surface area contributed by atoms with Gasteiger partial charge in [0.25, 0.3) is 5.91 Å². The molecule has 0 unspecified atom stereocenters. The van der Waals surface area contributed by atoms with E-state index in [1.165, 1.54) is 23.0 Å². The maximum Gasteiger partial charge on any atom is 0.522 e. The fourth-order valence-corrected chi connectivity index (χ4v) is 4.32. The molecule has 10 nitrogen and oxygen atoms in total. The van der Waals surface area contributed by atoms with Gasteiger partial charge in [-0.3, -0.25) is 28.9 Å². The molecule has 1 saturated heterocycles. The zero-order valence-electron chi connectivity index (χ0n) is 19.8. The number of hydrogen-bond donors (Lipinski definition) is 3. The van der Waals surface area contributed by atoms with Gasteiger partial charge in [0.05, 0.1) is 17.8 Å². The molecule has 1 aliphatic rings. The number of hydrogen-bond acceptors (Lipinski definition) is 6. The lowest BCUT2D eigenvalue weighted by Gasteiger charge is -2.26. The Morgan fingerprint density at radius 2 is 2.06 bits per heavy atom. The van der Waals surface area contributed by atoms with Crippen LogP contribution in [0.15, 0.2) is 24.5 Å². The van der Waals surface area contributed by atoms with E-state index in [1.807, 2.05) is 13.8 Å². The molecule has 196 valence electrons. The van der Waals surface area contributed by atoms with Crippen LogP contribution in [-0.4, -0.2) is 58.6 Å². The minimum absolute atomic E-state index is 0.0391. The predicted molar refractivity (Wildman–Crippen MR) is 121 cm³/mol. The fraction of sp³-hybridized carbons (Fsp3) is 0.522. The Labute approximate surface area is 204 Å². The minimum Gasteiger partial charge on any atom is -0.364 e. The largest absolute Gasteiger partial charge is 0.522 e. The van der Waals surface area contributed by atoms with E-state index in [4.69, 9.17) is 5.73 Å². The van der Waals surface area contributed by atoms with Gasteiger partial charge in [0.2, 0.25) is 11.8 Å². The monoisotopic (exact) mass is 511 g/mol. The first-order valence-corrected chi connectivity index (χ1v) is 11.4. The van der Waals surface area contributed by atoms with Crippen molar-refractivity contribution in [3.05, 3.63) is 30.2 Å². The van der Waals surface area contributed by atoms with E-state index < -0.39 is 48.6 Å². The van der Waals surface area contributed by atoms with Crippen molar-refractivity contribution in [3.8, 4) is 0 Å². The van der Waals surface area contributed by atoms with Crippen molar-refractivity contribution >= 4 is 34.4 Å². The molecule has 4 N–H and O–H groups in total. The van der Waals surface area contributed by atoms with Crippen LogP contribution in [0.3, 0.4) is 0 Å². The van der Waals surface area contributed by atoms with E-state index in [0.717, 1.165) is 0 Å². The first-order chi connectivity index (χ1) is 16.9. The lowest BCUT2D eigenvalue weighted by molar-refractivity contribution is -0.321. The Balaban J connectivity index is 1.95. The molecule has 2 aromatic rings. The Morgan fingerprint density at radius 1 is 1.33 bits per heavy atom. The van der Waals surface area contributed by atoms with Gasteiger partial charge in [-0.15, -0.1) is 13.2 Å². The molecule has 13 heteroatoms. The van der Waals surface area contributed by atoms with Crippen LogP contribution in [0.5, 0.6) is 0 Å². The van der Waals surface area contributed by atoms with E-state index in [2.05, 4.69) is 20.4 Å². The molecule has 1 aliphatic heterocycles.